The summed E-state index contributed by atoms with van der Waals surface area (Å²) < 4.78 is 0. The number of carbonyl (C=O) groups is 2. The van der Waals surface area contributed by atoms with E-state index in [4.69, 9.17) is 5.84 Å². The van der Waals surface area contributed by atoms with Crippen LogP contribution in [0.5, 0.6) is 0 Å². The molecule has 1 aliphatic rings. The van der Waals surface area contributed by atoms with Crippen LogP contribution in [0.1, 0.15) is 39.5 Å². The molecule has 1 aliphatic heterocycles. The maximum atomic E-state index is 11.1. The van der Waals surface area contributed by atoms with Crippen LogP contribution in [0.25, 0.3) is 0 Å². The van der Waals surface area contributed by atoms with Crippen LogP contribution in [0.4, 0.5) is 0 Å². The lowest BCUT2D eigenvalue weighted by Crippen LogP contribution is -2.47. The highest BCUT2D eigenvalue weighted by atomic mass is 16.2. The molecule has 2 amide bonds. The Morgan fingerprint density at radius 1 is 1.39 bits per heavy atom. The molecule has 1 atom stereocenters. The van der Waals surface area contributed by atoms with E-state index in [2.05, 4.69) is 22.6 Å². The Labute approximate surface area is 108 Å². The number of hydrogen-bond donors (Lipinski definition) is 3. The SMILES string of the molecule is CC(=O)NC1CCN(C(C)CCC(=O)NN)CC1. The smallest absolute Gasteiger partial charge is 0.233 e. The number of piperidine rings is 1. The molecule has 104 valence electrons. The predicted octanol–water partition coefficient (Wildman–Crippen LogP) is -0.254. The number of nitrogens with two attached hydrogens (primary N) is 1. The Bertz CT molecular complexity index is 288. The molecule has 1 fully saturated rings. The number of hydrazine groups is 1. The van der Waals surface area contributed by atoms with E-state index in [1.807, 2.05) is 0 Å². The number of nitrogens with one attached hydrogen (secondary N) is 2. The zero-order valence-electron chi connectivity index (χ0n) is 11.2. The number of carbonyl (C=O) groups excluding carboxylic acids is 2. The van der Waals surface area contributed by atoms with Crippen LogP contribution in [0.15, 0.2) is 0 Å². The van der Waals surface area contributed by atoms with E-state index in [1.165, 1.54) is 0 Å². The van der Waals surface area contributed by atoms with Gasteiger partial charge in [0.1, 0.15) is 0 Å². The minimum atomic E-state index is -0.116. The third kappa shape index (κ3) is 5.01. The molecule has 1 heterocycles. The van der Waals surface area contributed by atoms with Gasteiger partial charge in [-0.2, -0.15) is 0 Å². The average molecular weight is 256 g/mol. The normalized spacial score (nSPS) is 19.3. The van der Waals surface area contributed by atoms with Crippen LogP contribution in [0.3, 0.4) is 0 Å². The van der Waals surface area contributed by atoms with E-state index in [0.717, 1.165) is 32.4 Å². The van der Waals surface area contributed by atoms with E-state index in [1.54, 1.807) is 6.92 Å². The molecule has 1 rings (SSSR count). The van der Waals surface area contributed by atoms with Crippen molar-refractivity contribution in [3.63, 3.8) is 0 Å². The van der Waals surface area contributed by atoms with Crippen molar-refractivity contribution in [1.29, 1.82) is 0 Å². The van der Waals surface area contributed by atoms with Crippen LogP contribution in [0.2, 0.25) is 0 Å². The number of hydrogen-bond acceptors (Lipinski definition) is 4. The van der Waals surface area contributed by atoms with Gasteiger partial charge in [-0.15, -0.1) is 0 Å². The van der Waals surface area contributed by atoms with Crippen LogP contribution in [-0.4, -0.2) is 41.9 Å². The zero-order chi connectivity index (χ0) is 13.5. The lowest BCUT2D eigenvalue weighted by molar-refractivity contribution is -0.122. The number of nitrogens with zero attached hydrogens (tertiary/aromatic N) is 1. The second kappa shape index (κ2) is 7.33. The van der Waals surface area contributed by atoms with Gasteiger partial charge in [-0.3, -0.25) is 15.0 Å². The fourth-order valence-electron chi connectivity index (χ4n) is 2.37. The molecule has 4 N–H and O–H groups in total. The molecule has 18 heavy (non-hydrogen) atoms. The van der Waals surface area contributed by atoms with Crippen molar-refractivity contribution in [2.45, 2.75) is 51.6 Å². The topological polar surface area (TPSA) is 87.5 Å². The summed E-state index contributed by atoms with van der Waals surface area (Å²) in [6, 6.07) is 0.680. The third-order valence-electron chi connectivity index (χ3n) is 3.51. The first-order valence-electron chi connectivity index (χ1n) is 6.53. The maximum absolute atomic E-state index is 11.1. The highest BCUT2D eigenvalue weighted by molar-refractivity contribution is 5.75. The van der Waals surface area contributed by atoms with E-state index >= 15 is 0 Å². The Balaban J connectivity index is 2.25. The average Bonchev–Trinajstić information content (AvgIpc) is 2.35. The molecule has 0 saturated carbocycles. The molecule has 6 heteroatoms. The van der Waals surface area contributed by atoms with Crippen molar-refractivity contribution < 1.29 is 9.59 Å². The van der Waals surface area contributed by atoms with Crippen molar-refractivity contribution in [2.24, 2.45) is 5.84 Å². The molecule has 0 spiro atoms. The Morgan fingerprint density at radius 3 is 2.50 bits per heavy atom. The standard InChI is InChI=1S/C12H24N4O2/c1-9(3-4-12(18)15-13)16-7-5-11(6-8-16)14-10(2)17/h9,11H,3-8,13H2,1-2H3,(H,14,17)(H,15,18). The fraction of sp³-hybridized carbons (Fsp3) is 0.833. The summed E-state index contributed by atoms with van der Waals surface area (Å²) in [6.45, 7) is 5.62. The summed E-state index contributed by atoms with van der Waals surface area (Å²) in [5.74, 6) is 4.97. The molecule has 0 bridgehead atoms. The van der Waals surface area contributed by atoms with Gasteiger partial charge in [0.15, 0.2) is 0 Å². The molecule has 0 aliphatic carbocycles. The van der Waals surface area contributed by atoms with Gasteiger partial charge in [-0.25, -0.2) is 5.84 Å². The summed E-state index contributed by atoms with van der Waals surface area (Å²) in [5, 5.41) is 2.95. The Hall–Kier alpha value is -1.14. The fourth-order valence-corrected chi connectivity index (χ4v) is 2.37. The van der Waals surface area contributed by atoms with E-state index in [0.29, 0.717) is 18.5 Å². The van der Waals surface area contributed by atoms with Crippen LogP contribution in [-0.2, 0) is 9.59 Å². The van der Waals surface area contributed by atoms with Crippen LogP contribution >= 0.6 is 0 Å². The second-order valence-corrected chi connectivity index (χ2v) is 4.97. The van der Waals surface area contributed by atoms with Gasteiger partial charge in [-0.05, 0) is 26.2 Å². The number of amides is 2. The minimum absolute atomic E-state index is 0.0427. The lowest BCUT2D eigenvalue weighted by Gasteiger charge is -2.36. The second-order valence-electron chi connectivity index (χ2n) is 4.97. The van der Waals surface area contributed by atoms with Crippen molar-refractivity contribution >= 4 is 11.8 Å². The first kappa shape index (κ1) is 14.9. The summed E-state index contributed by atoms with van der Waals surface area (Å²) in [6.07, 6.45) is 3.23. The molecule has 0 radical (unpaired) electrons. The first-order valence-corrected chi connectivity index (χ1v) is 6.53. The van der Waals surface area contributed by atoms with Gasteiger partial charge in [0.2, 0.25) is 11.8 Å². The Morgan fingerprint density at radius 2 is 2.00 bits per heavy atom. The van der Waals surface area contributed by atoms with Gasteiger partial charge in [0, 0.05) is 38.5 Å². The van der Waals surface area contributed by atoms with Crippen molar-refractivity contribution in [2.75, 3.05) is 13.1 Å². The third-order valence-corrected chi connectivity index (χ3v) is 3.51. The van der Waals surface area contributed by atoms with E-state index < -0.39 is 0 Å². The predicted molar refractivity (Wildman–Crippen MR) is 69.4 cm³/mol. The quantitative estimate of drug-likeness (QED) is 0.359. The maximum Gasteiger partial charge on any atom is 0.233 e. The molecule has 0 aromatic carbocycles. The van der Waals surface area contributed by atoms with Gasteiger partial charge in [0.25, 0.3) is 0 Å². The van der Waals surface area contributed by atoms with Gasteiger partial charge < -0.3 is 10.2 Å². The van der Waals surface area contributed by atoms with E-state index in [-0.39, 0.29) is 11.8 Å². The summed E-state index contributed by atoms with van der Waals surface area (Å²) in [7, 11) is 0. The summed E-state index contributed by atoms with van der Waals surface area (Å²) >= 11 is 0. The van der Waals surface area contributed by atoms with Crippen LogP contribution < -0.4 is 16.6 Å². The van der Waals surface area contributed by atoms with Gasteiger partial charge >= 0.3 is 0 Å². The van der Waals surface area contributed by atoms with E-state index in [9.17, 15) is 9.59 Å². The molecular formula is C12H24N4O2. The van der Waals surface area contributed by atoms with Crippen molar-refractivity contribution in [1.82, 2.24) is 15.6 Å². The van der Waals surface area contributed by atoms with Gasteiger partial charge in [0.05, 0.1) is 0 Å². The molecular weight excluding hydrogens is 232 g/mol. The van der Waals surface area contributed by atoms with Crippen molar-refractivity contribution in [3.8, 4) is 0 Å². The molecule has 1 saturated heterocycles. The Kier molecular flexibility index (Phi) is 6.07. The van der Waals surface area contributed by atoms with Crippen molar-refractivity contribution in [3.05, 3.63) is 0 Å². The summed E-state index contributed by atoms with van der Waals surface area (Å²) in [5.41, 5.74) is 2.15. The number of rotatable bonds is 5. The molecule has 0 aromatic heterocycles. The molecule has 6 nitrogen and oxygen atoms in total. The zero-order valence-corrected chi connectivity index (χ0v) is 11.2. The minimum Gasteiger partial charge on any atom is -0.354 e. The molecule has 0 aromatic rings. The lowest BCUT2D eigenvalue weighted by atomic mass is 10.0. The molecule has 1 unspecified atom stereocenters. The summed E-state index contributed by atoms with van der Waals surface area (Å²) in [4.78, 5) is 24.4. The van der Waals surface area contributed by atoms with Gasteiger partial charge in [-0.1, -0.05) is 0 Å². The first-order chi connectivity index (χ1) is 8.52. The monoisotopic (exact) mass is 256 g/mol. The number of likely N-dealkylation sites (tertiary alicyclic amines) is 1. The van der Waals surface area contributed by atoms with Crippen LogP contribution in [0, 0.1) is 0 Å². The highest BCUT2D eigenvalue weighted by Crippen LogP contribution is 2.15. The largest absolute Gasteiger partial charge is 0.354 e. The highest BCUT2D eigenvalue weighted by Gasteiger charge is 2.23.